The van der Waals surface area contributed by atoms with Crippen LogP contribution in [0.15, 0.2) is 109 Å². The second-order valence-electron chi connectivity index (χ2n) is 7.31. The summed E-state index contributed by atoms with van der Waals surface area (Å²) in [4.78, 5) is 0. The molecule has 146 valence electrons. The lowest BCUT2D eigenvalue weighted by Crippen LogP contribution is -2.34. The second-order valence-corrected chi connectivity index (χ2v) is 11.9. The maximum Gasteiger partial charge on any atom is 0.119 e. The molecule has 0 atom stereocenters. The third-order valence-corrected chi connectivity index (χ3v) is 11.3. The largest absolute Gasteiger partial charge is 0.278 e. The van der Waals surface area contributed by atoms with Crippen LogP contribution in [0.4, 0.5) is 0 Å². The van der Waals surface area contributed by atoms with Crippen molar-refractivity contribution in [3.05, 3.63) is 118 Å². The van der Waals surface area contributed by atoms with E-state index in [4.69, 9.17) is 0 Å². The van der Waals surface area contributed by atoms with Gasteiger partial charge in [0, 0.05) is 5.39 Å². The second kappa shape index (κ2) is 8.33. The zero-order valence-corrected chi connectivity index (χ0v) is 19.4. The first-order chi connectivity index (χ1) is 14.8. The smallest absolute Gasteiger partial charge is 0.119 e. The van der Waals surface area contributed by atoms with Crippen LogP contribution in [0.2, 0.25) is 0 Å². The van der Waals surface area contributed by atoms with Crippen molar-refractivity contribution >= 4 is 56.7 Å². The van der Waals surface area contributed by atoms with Crippen LogP contribution in [0.5, 0.6) is 0 Å². The van der Waals surface area contributed by atoms with Crippen LogP contribution >= 0.6 is 29.9 Å². The molecule has 0 fully saturated rings. The van der Waals surface area contributed by atoms with Crippen molar-refractivity contribution in [1.82, 2.24) is 10.2 Å². The molecule has 0 saturated heterocycles. The number of aromatic nitrogens is 2. The molecular weight excluding hydrogens is 498 g/mol. The average Bonchev–Trinajstić information content (AvgIpc) is 3.22. The molecular formula is C26H21IN2P+. The lowest BCUT2D eigenvalue weighted by atomic mass is 10.2. The average molecular weight is 519 g/mol. The highest BCUT2D eigenvalue weighted by atomic mass is 127. The van der Waals surface area contributed by atoms with Gasteiger partial charge in [-0.25, -0.2) is 0 Å². The number of rotatable bonds is 5. The Morgan fingerprint density at radius 1 is 0.667 bits per heavy atom. The van der Waals surface area contributed by atoms with E-state index in [0.717, 1.165) is 11.7 Å². The third kappa shape index (κ3) is 3.36. The van der Waals surface area contributed by atoms with Gasteiger partial charge in [0.1, 0.15) is 29.3 Å². The molecule has 0 radical (unpaired) electrons. The van der Waals surface area contributed by atoms with Crippen LogP contribution in [0.25, 0.3) is 10.9 Å². The van der Waals surface area contributed by atoms with E-state index in [-0.39, 0.29) is 0 Å². The number of halogens is 1. The molecule has 4 heteroatoms. The highest BCUT2D eigenvalue weighted by molar-refractivity contribution is 14.1. The fraction of sp³-hybridized carbons (Fsp3) is 0.0385. The fourth-order valence-corrected chi connectivity index (χ4v) is 10.1. The Labute approximate surface area is 190 Å². The van der Waals surface area contributed by atoms with E-state index in [1.54, 1.807) is 0 Å². The number of aromatic amines is 1. The summed E-state index contributed by atoms with van der Waals surface area (Å²) < 4.78 is 1.31. The Kier molecular flexibility index (Phi) is 5.41. The number of H-pyrrole nitrogens is 1. The molecule has 0 saturated carbocycles. The van der Waals surface area contributed by atoms with Crippen molar-refractivity contribution in [3.63, 3.8) is 0 Å². The summed E-state index contributed by atoms with van der Waals surface area (Å²) in [5.74, 6) is 0. The highest BCUT2D eigenvalue weighted by Crippen LogP contribution is 2.59. The van der Waals surface area contributed by atoms with Gasteiger partial charge in [-0.15, -0.1) is 0 Å². The summed E-state index contributed by atoms with van der Waals surface area (Å²) in [6, 6.07) is 39.2. The van der Waals surface area contributed by atoms with Gasteiger partial charge in [0.05, 0.1) is 14.8 Å². The van der Waals surface area contributed by atoms with Crippen molar-refractivity contribution in [2.24, 2.45) is 0 Å². The molecule has 2 nitrogen and oxygen atoms in total. The molecule has 1 N–H and O–H groups in total. The molecule has 0 aliphatic carbocycles. The quantitative estimate of drug-likeness (QED) is 0.236. The van der Waals surface area contributed by atoms with Crippen LogP contribution in [-0.4, -0.2) is 10.2 Å². The van der Waals surface area contributed by atoms with Crippen molar-refractivity contribution in [3.8, 4) is 0 Å². The Morgan fingerprint density at radius 3 is 1.90 bits per heavy atom. The van der Waals surface area contributed by atoms with Gasteiger partial charge < -0.3 is 0 Å². The van der Waals surface area contributed by atoms with E-state index < -0.39 is 7.26 Å². The molecule has 4 aromatic carbocycles. The Balaban J connectivity index is 1.83. The minimum atomic E-state index is -1.96. The topological polar surface area (TPSA) is 28.7 Å². The number of nitrogens with zero attached hydrogens (tertiary/aromatic N) is 1. The molecule has 0 bridgehead atoms. The molecule has 5 rings (SSSR count). The van der Waals surface area contributed by atoms with Crippen LogP contribution in [0.1, 0.15) is 5.69 Å². The van der Waals surface area contributed by atoms with Crippen LogP contribution in [0, 0.1) is 3.57 Å². The van der Waals surface area contributed by atoms with Crippen LogP contribution in [0.3, 0.4) is 0 Å². The minimum absolute atomic E-state index is 0.904. The standard InChI is InChI=1S/C26H21IN2P/c27-23-16-8-10-18-26(23)30(20-11-3-1-4-12-20,21-13-5-2-6-14-21)19-25-22-15-7-9-17-24(22)28-29-25/h1-18H,19H2,(H,28,29)/q+1. The van der Waals surface area contributed by atoms with Gasteiger partial charge in [0.2, 0.25) is 0 Å². The number of hydrogen-bond acceptors (Lipinski definition) is 1. The molecule has 1 heterocycles. The first-order valence-electron chi connectivity index (χ1n) is 9.95. The van der Waals surface area contributed by atoms with Gasteiger partial charge in [0.15, 0.2) is 0 Å². The summed E-state index contributed by atoms with van der Waals surface area (Å²) in [5.41, 5.74) is 2.22. The van der Waals surface area contributed by atoms with Gasteiger partial charge in [0.25, 0.3) is 0 Å². The van der Waals surface area contributed by atoms with Gasteiger partial charge in [-0.3, -0.25) is 5.10 Å². The van der Waals surface area contributed by atoms with E-state index in [2.05, 4.69) is 136 Å². The predicted molar refractivity (Wildman–Crippen MR) is 138 cm³/mol. The molecule has 30 heavy (non-hydrogen) atoms. The van der Waals surface area contributed by atoms with Gasteiger partial charge in [-0.1, -0.05) is 66.7 Å². The maximum atomic E-state index is 4.60. The van der Waals surface area contributed by atoms with Crippen LogP contribution < -0.4 is 15.9 Å². The molecule has 0 spiro atoms. The summed E-state index contributed by atoms with van der Waals surface area (Å²) in [6.45, 7) is 0. The van der Waals surface area contributed by atoms with E-state index in [9.17, 15) is 0 Å². The third-order valence-electron chi connectivity index (χ3n) is 5.59. The first kappa shape index (κ1) is 19.5. The summed E-state index contributed by atoms with van der Waals surface area (Å²) >= 11 is 2.50. The number of fused-ring (bicyclic) bond motifs is 1. The molecule has 1 aromatic heterocycles. The summed E-state index contributed by atoms with van der Waals surface area (Å²) in [5, 5.41) is 13.4. The SMILES string of the molecule is Ic1ccccc1[P+](Cc1[nH]nc2ccccc12)(c1ccccc1)c1ccccc1. The van der Waals surface area contributed by atoms with E-state index in [1.807, 2.05) is 6.07 Å². The number of hydrogen-bond donors (Lipinski definition) is 1. The maximum absolute atomic E-state index is 4.60. The van der Waals surface area contributed by atoms with Gasteiger partial charge >= 0.3 is 0 Å². The van der Waals surface area contributed by atoms with Gasteiger partial charge in [-0.05, 0) is 65.1 Å². The van der Waals surface area contributed by atoms with E-state index >= 15 is 0 Å². The summed E-state index contributed by atoms with van der Waals surface area (Å²) in [6.07, 6.45) is 0.904. The molecule has 0 unspecified atom stereocenters. The monoisotopic (exact) mass is 519 g/mol. The molecule has 0 aliphatic heterocycles. The van der Waals surface area contributed by atoms with Crippen molar-refractivity contribution < 1.29 is 0 Å². The van der Waals surface area contributed by atoms with E-state index in [1.165, 1.54) is 30.6 Å². The van der Waals surface area contributed by atoms with Crippen molar-refractivity contribution in [2.45, 2.75) is 6.16 Å². The Morgan fingerprint density at radius 2 is 1.23 bits per heavy atom. The predicted octanol–water partition coefficient (Wildman–Crippen LogP) is 5.66. The van der Waals surface area contributed by atoms with Crippen LogP contribution in [-0.2, 0) is 6.16 Å². The molecule has 0 aliphatic rings. The zero-order chi connectivity index (χ0) is 20.4. The fourth-order valence-electron chi connectivity index (χ4n) is 4.19. The number of para-hydroxylation sites is 1. The first-order valence-corrected chi connectivity index (χ1v) is 13.0. The molecule has 0 amide bonds. The minimum Gasteiger partial charge on any atom is -0.278 e. The van der Waals surface area contributed by atoms with Crippen molar-refractivity contribution in [2.75, 3.05) is 0 Å². The highest BCUT2D eigenvalue weighted by Gasteiger charge is 2.47. The number of nitrogens with one attached hydrogen (secondary N) is 1. The van der Waals surface area contributed by atoms with E-state index in [0.29, 0.717) is 0 Å². The Bertz CT molecular complexity index is 1240. The van der Waals surface area contributed by atoms with Gasteiger partial charge in [-0.2, -0.15) is 5.10 Å². The normalized spacial score (nSPS) is 11.6. The lowest BCUT2D eigenvalue weighted by molar-refractivity contribution is 1.05. The number of benzene rings is 4. The summed E-state index contributed by atoms with van der Waals surface area (Å²) in [7, 11) is -1.96. The Hall–Kier alpha value is -2.49. The lowest BCUT2D eigenvalue weighted by Gasteiger charge is -2.28. The molecule has 5 aromatic rings. The van der Waals surface area contributed by atoms with Crippen molar-refractivity contribution in [1.29, 1.82) is 0 Å². The zero-order valence-electron chi connectivity index (χ0n) is 16.4.